The maximum atomic E-state index is 13.8. The van der Waals surface area contributed by atoms with Crippen LogP contribution in [0.1, 0.15) is 58.4 Å². The summed E-state index contributed by atoms with van der Waals surface area (Å²) in [5.74, 6) is 0. The van der Waals surface area contributed by atoms with E-state index in [2.05, 4.69) is 129 Å². The monoisotopic (exact) mass is 656 g/mol. The lowest BCUT2D eigenvalue weighted by Crippen LogP contribution is -2.44. The Morgan fingerprint density at radius 3 is 1.53 bits per heavy atom. The smallest absolute Gasteiger partial charge is 0.141 e. The molecule has 0 radical (unpaired) electrons. The number of hydrogen-bond donors (Lipinski definition) is 2. The van der Waals surface area contributed by atoms with Crippen molar-refractivity contribution in [1.82, 2.24) is 0 Å². The molecule has 2 aliphatic rings. The Bertz CT molecular complexity index is 2710. The zero-order chi connectivity index (χ0) is 34.5. The van der Waals surface area contributed by atoms with Crippen LogP contribution in [0, 0.1) is 0 Å². The Kier molecular flexibility index (Phi) is 6.25. The molecule has 51 heavy (non-hydrogen) atoms. The molecule has 2 unspecified atom stereocenters. The summed E-state index contributed by atoms with van der Waals surface area (Å²) in [6, 6.07) is 58.5. The van der Waals surface area contributed by atoms with Crippen molar-refractivity contribution in [3.8, 4) is 22.3 Å². The van der Waals surface area contributed by atoms with Crippen molar-refractivity contribution < 1.29 is 10.2 Å². The van der Waals surface area contributed by atoms with Crippen LogP contribution in [0.25, 0.3) is 43.8 Å². The van der Waals surface area contributed by atoms with Gasteiger partial charge in [0.2, 0.25) is 0 Å². The minimum absolute atomic E-state index is 0.307. The third-order valence-electron chi connectivity index (χ3n) is 11.7. The first-order valence-corrected chi connectivity index (χ1v) is 17.7. The molecule has 0 bridgehead atoms. The molecule has 2 aliphatic carbocycles. The highest BCUT2D eigenvalue weighted by Gasteiger charge is 2.53. The molecule has 8 aromatic rings. The van der Waals surface area contributed by atoms with Crippen molar-refractivity contribution >= 4 is 21.5 Å². The number of benzene rings is 8. The van der Waals surface area contributed by atoms with Crippen LogP contribution in [-0.2, 0) is 16.6 Å². The van der Waals surface area contributed by atoms with Gasteiger partial charge in [0, 0.05) is 11.0 Å². The van der Waals surface area contributed by atoms with Crippen molar-refractivity contribution in [2.45, 2.75) is 30.5 Å². The van der Waals surface area contributed by atoms with Crippen molar-refractivity contribution in [3.63, 3.8) is 0 Å². The molecule has 0 aliphatic heterocycles. The van der Waals surface area contributed by atoms with E-state index in [-0.39, 0.29) is 5.41 Å². The predicted molar refractivity (Wildman–Crippen MR) is 208 cm³/mol. The molecule has 0 heterocycles. The highest BCUT2D eigenvalue weighted by Crippen LogP contribution is 2.58. The lowest BCUT2D eigenvalue weighted by atomic mass is 9.62. The van der Waals surface area contributed by atoms with Crippen LogP contribution in [0.4, 0.5) is 0 Å². The summed E-state index contributed by atoms with van der Waals surface area (Å²) in [5, 5.41) is 31.9. The topological polar surface area (TPSA) is 40.5 Å². The minimum Gasteiger partial charge on any atom is -0.376 e. The van der Waals surface area contributed by atoms with Gasteiger partial charge in [0.25, 0.3) is 0 Å². The second-order valence-corrected chi connectivity index (χ2v) is 14.8. The van der Waals surface area contributed by atoms with Crippen LogP contribution >= 0.6 is 0 Å². The molecular weight excluding hydrogens is 621 g/mol. The number of hydrogen-bond acceptors (Lipinski definition) is 2. The molecule has 2 atom stereocenters. The molecule has 0 aromatic heterocycles. The summed E-state index contributed by atoms with van der Waals surface area (Å²) in [4.78, 5) is 0. The SMILES string of the molecule is CC1(C)c2ccccc2-c2cc3c(cc21)C(O)(c1ccc2ccccc2c1)c1cc(-c2ccccc2)ccc1C3(O)c1ccc2ccccc2c1. The third kappa shape index (κ3) is 4.12. The molecule has 0 fully saturated rings. The van der Waals surface area contributed by atoms with E-state index in [0.29, 0.717) is 22.3 Å². The van der Waals surface area contributed by atoms with Crippen LogP contribution in [0.5, 0.6) is 0 Å². The van der Waals surface area contributed by atoms with E-state index in [0.717, 1.165) is 54.9 Å². The summed E-state index contributed by atoms with van der Waals surface area (Å²) in [6.07, 6.45) is 0. The fourth-order valence-corrected chi connectivity index (χ4v) is 9.06. The van der Waals surface area contributed by atoms with E-state index in [9.17, 15) is 10.2 Å². The zero-order valence-corrected chi connectivity index (χ0v) is 28.6. The Morgan fingerprint density at radius 2 is 0.863 bits per heavy atom. The number of aliphatic hydroxyl groups is 2. The molecular formula is C49H36O2. The van der Waals surface area contributed by atoms with Crippen LogP contribution in [-0.4, -0.2) is 10.2 Å². The largest absolute Gasteiger partial charge is 0.376 e. The Morgan fingerprint density at radius 1 is 0.333 bits per heavy atom. The fourth-order valence-electron chi connectivity index (χ4n) is 9.06. The first-order valence-electron chi connectivity index (χ1n) is 17.7. The average Bonchev–Trinajstić information content (AvgIpc) is 3.41. The van der Waals surface area contributed by atoms with Crippen molar-refractivity contribution in [2.24, 2.45) is 0 Å². The minimum atomic E-state index is -1.58. The van der Waals surface area contributed by atoms with Gasteiger partial charge in [-0.3, -0.25) is 0 Å². The van der Waals surface area contributed by atoms with Gasteiger partial charge in [0.15, 0.2) is 0 Å². The molecule has 0 saturated carbocycles. The number of rotatable bonds is 3. The Hall–Kier alpha value is -5.80. The normalized spacial score (nSPS) is 19.7. The molecule has 0 spiro atoms. The fraction of sp³-hybridized carbons (Fsp3) is 0.102. The van der Waals surface area contributed by atoms with Crippen LogP contribution in [0.2, 0.25) is 0 Å². The summed E-state index contributed by atoms with van der Waals surface area (Å²) >= 11 is 0. The second-order valence-electron chi connectivity index (χ2n) is 14.8. The zero-order valence-electron chi connectivity index (χ0n) is 28.6. The van der Waals surface area contributed by atoms with Gasteiger partial charge < -0.3 is 10.2 Å². The van der Waals surface area contributed by atoms with Gasteiger partial charge in [0.1, 0.15) is 11.2 Å². The van der Waals surface area contributed by atoms with Gasteiger partial charge in [0.05, 0.1) is 0 Å². The summed E-state index contributed by atoms with van der Waals surface area (Å²) in [6.45, 7) is 4.53. The summed E-state index contributed by atoms with van der Waals surface area (Å²) < 4.78 is 0. The maximum absolute atomic E-state index is 13.8. The molecule has 8 aromatic carbocycles. The molecule has 244 valence electrons. The van der Waals surface area contributed by atoms with Gasteiger partial charge in [-0.1, -0.05) is 159 Å². The quantitative estimate of drug-likeness (QED) is 0.199. The van der Waals surface area contributed by atoms with Crippen LogP contribution < -0.4 is 0 Å². The number of fused-ring (bicyclic) bond motifs is 7. The van der Waals surface area contributed by atoms with Crippen LogP contribution in [0.15, 0.2) is 170 Å². The molecule has 0 saturated heterocycles. The van der Waals surface area contributed by atoms with E-state index in [4.69, 9.17) is 0 Å². The van der Waals surface area contributed by atoms with Gasteiger partial charge >= 0.3 is 0 Å². The van der Waals surface area contributed by atoms with Crippen molar-refractivity contribution in [2.75, 3.05) is 0 Å². The highest BCUT2D eigenvalue weighted by molar-refractivity contribution is 5.88. The molecule has 2 heteroatoms. The molecule has 10 rings (SSSR count). The first kappa shape index (κ1) is 30.1. The van der Waals surface area contributed by atoms with Gasteiger partial charge in [-0.15, -0.1) is 0 Å². The van der Waals surface area contributed by atoms with Gasteiger partial charge in [-0.25, -0.2) is 0 Å². The van der Waals surface area contributed by atoms with Gasteiger partial charge in [-0.05, 0) is 107 Å². The van der Waals surface area contributed by atoms with E-state index in [1.165, 1.54) is 11.1 Å². The predicted octanol–water partition coefficient (Wildman–Crippen LogP) is 10.8. The highest BCUT2D eigenvalue weighted by atomic mass is 16.3. The third-order valence-corrected chi connectivity index (χ3v) is 11.7. The summed E-state index contributed by atoms with van der Waals surface area (Å²) in [5.41, 5.74) is 7.50. The van der Waals surface area contributed by atoms with E-state index in [1.54, 1.807) is 0 Å². The lowest BCUT2D eigenvalue weighted by molar-refractivity contribution is 0.0749. The maximum Gasteiger partial charge on any atom is 0.141 e. The first-order chi connectivity index (χ1) is 24.8. The summed E-state index contributed by atoms with van der Waals surface area (Å²) in [7, 11) is 0. The lowest BCUT2D eigenvalue weighted by Gasteiger charge is -2.46. The van der Waals surface area contributed by atoms with Crippen LogP contribution in [0.3, 0.4) is 0 Å². The van der Waals surface area contributed by atoms with E-state index < -0.39 is 11.2 Å². The van der Waals surface area contributed by atoms with Crippen molar-refractivity contribution in [1.29, 1.82) is 0 Å². The molecule has 2 nitrogen and oxygen atoms in total. The van der Waals surface area contributed by atoms with Gasteiger partial charge in [-0.2, -0.15) is 0 Å². The molecule has 2 N–H and O–H groups in total. The van der Waals surface area contributed by atoms with E-state index in [1.807, 2.05) is 54.6 Å². The standard InChI is InChI=1S/C49H36O2/c1-47(2)41-19-11-10-18-39(41)40-29-45-46(30-43(40)47)49(51,38-24-21-33-15-7-9-17-35(33)27-38)44-28-36(31-12-4-3-5-13-31)22-25-42(44)48(45,50)37-23-20-32-14-6-8-16-34(32)26-37/h3-30,50-51H,1-2H3. The average molecular weight is 657 g/mol. The second kappa shape index (κ2) is 10.6. The Balaban J connectivity index is 1.35. The van der Waals surface area contributed by atoms with Crippen molar-refractivity contribution in [3.05, 3.63) is 214 Å². The Labute approximate surface area is 297 Å². The van der Waals surface area contributed by atoms with E-state index >= 15 is 0 Å². The molecule has 0 amide bonds.